The van der Waals surface area contributed by atoms with Gasteiger partial charge < -0.3 is 37.4 Å². The fraction of sp³-hybridized carbons (Fsp3) is 0.786. The second-order valence-corrected chi connectivity index (χ2v) is 13.4. The van der Waals surface area contributed by atoms with Crippen molar-refractivity contribution in [3.05, 3.63) is 0 Å². The molecule has 0 radical (unpaired) electrons. The molecule has 0 N–H and O–H groups in total. The van der Waals surface area contributed by atoms with E-state index in [4.69, 9.17) is 23.1 Å². The highest BCUT2D eigenvalue weighted by molar-refractivity contribution is 6.66. The lowest BCUT2D eigenvalue weighted by molar-refractivity contribution is -0.155. The van der Waals surface area contributed by atoms with Crippen molar-refractivity contribution < 1.29 is 56.6 Å². The number of carbonyl (C=O) groups excluding carboxylic acids is 6. The highest BCUT2D eigenvalue weighted by Crippen LogP contribution is 2.31. The molecule has 0 spiro atoms. The van der Waals surface area contributed by atoms with Crippen LogP contribution < -0.4 is 0 Å². The smallest absolute Gasteiger partial charge is 0.394 e. The van der Waals surface area contributed by atoms with Crippen molar-refractivity contribution in [2.45, 2.75) is 85.2 Å². The first-order chi connectivity index (χ1) is 19.2. The molecular formula is C28H50O12Si. The summed E-state index contributed by atoms with van der Waals surface area (Å²) in [5.41, 5.74) is 0. The van der Waals surface area contributed by atoms with E-state index < -0.39 is 8.56 Å². The Kier molecular flexibility index (Phi) is 23.9. The Morgan fingerprint density at radius 3 is 1.54 bits per heavy atom. The molecule has 1 saturated carbocycles. The number of ether oxygens (including phenoxy) is 4. The zero-order valence-corrected chi connectivity index (χ0v) is 27.0. The van der Waals surface area contributed by atoms with Gasteiger partial charge in [0, 0.05) is 40.1 Å². The summed E-state index contributed by atoms with van der Waals surface area (Å²) in [7, 11) is 2.34. The third-order valence-electron chi connectivity index (χ3n) is 5.89. The van der Waals surface area contributed by atoms with E-state index in [-0.39, 0.29) is 86.0 Å². The summed E-state index contributed by atoms with van der Waals surface area (Å²) in [4.78, 5) is 66.1. The summed E-state index contributed by atoms with van der Waals surface area (Å²) in [6, 6.07) is 0. The number of Topliss-reactive ketones (excluding diaryl/α,β-unsaturated/α-hetero) is 3. The number of ketones is 3. The van der Waals surface area contributed by atoms with Crippen LogP contribution in [0.1, 0.15) is 72.1 Å². The van der Waals surface area contributed by atoms with E-state index in [1.54, 1.807) is 27.1 Å². The minimum absolute atomic E-state index is 0.00121. The van der Waals surface area contributed by atoms with Crippen LogP contribution in [-0.4, -0.2) is 91.6 Å². The minimum atomic E-state index is -2.27. The fourth-order valence-corrected chi connectivity index (χ4v) is 4.20. The van der Waals surface area contributed by atoms with Gasteiger partial charge in [-0.1, -0.05) is 12.8 Å². The quantitative estimate of drug-likeness (QED) is 0.143. The molecule has 12 nitrogen and oxygen atoms in total. The first kappa shape index (κ1) is 40.7. The molecule has 0 bridgehead atoms. The Labute approximate surface area is 245 Å². The van der Waals surface area contributed by atoms with Crippen LogP contribution in [-0.2, 0) is 56.6 Å². The molecule has 1 fully saturated rings. The fourth-order valence-electron chi connectivity index (χ4n) is 3.47. The van der Waals surface area contributed by atoms with Crippen LogP contribution in [0.25, 0.3) is 0 Å². The molecule has 0 aliphatic heterocycles. The summed E-state index contributed by atoms with van der Waals surface area (Å²) in [5, 5.41) is 0. The second kappa shape index (κ2) is 24.1. The number of carbonyl (C=O) groups is 6. The van der Waals surface area contributed by atoms with Crippen LogP contribution in [0.4, 0.5) is 0 Å². The molecule has 2 atom stereocenters. The molecule has 0 aromatic heterocycles. The average molecular weight is 607 g/mol. The first-order valence-electron chi connectivity index (χ1n) is 13.8. The molecule has 13 heteroatoms. The molecule has 1 aliphatic carbocycles. The van der Waals surface area contributed by atoms with Crippen LogP contribution in [0.5, 0.6) is 0 Å². The third kappa shape index (κ3) is 23.9. The Morgan fingerprint density at radius 1 is 0.634 bits per heavy atom. The van der Waals surface area contributed by atoms with E-state index >= 15 is 0 Å². The van der Waals surface area contributed by atoms with E-state index in [9.17, 15) is 28.8 Å². The number of rotatable bonds is 16. The summed E-state index contributed by atoms with van der Waals surface area (Å²) in [6.45, 7) is 9.34. The summed E-state index contributed by atoms with van der Waals surface area (Å²) in [6.07, 6.45) is 4.45. The van der Waals surface area contributed by atoms with Gasteiger partial charge in [-0.3, -0.25) is 19.2 Å². The Balaban J connectivity index is 0. The van der Waals surface area contributed by atoms with E-state index in [1.807, 2.05) is 0 Å². The van der Waals surface area contributed by atoms with Crippen LogP contribution in [0.2, 0.25) is 13.1 Å². The zero-order chi connectivity index (χ0) is 31.8. The monoisotopic (exact) mass is 606 g/mol. The van der Waals surface area contributed by atoms with E-state index in [0.717, 1.165) is 25.7 Å². The molecule has 0 saturated heterocycles. The van der Waals surface area contributed by atoms with Crippen LogP contribution in [0.3, 0.4) is 0 Å². The lowest BCUT2D eigenvalue weighted by Gasteiger charge is -2.27. The molecule has 0 heterocycles. The first-order valence-corrected chi connectivity index (χ1v) is 16.6. The summed E-state index contributed by atoms with van der Waals surface area (Å²) >= 11 is 0. The number of hydrogen-bond donors (Lipinski definition) is 0. The van der Waals surface area contributed by atoms with Crippen molar-refractivity contribution in [3.63, 3.8) is 0 Å². The Morgan fingerprint density at radius 2 is 1.10 bits per heavy atom. The van der Waals surface area contributed by atoms with Crippen LogP contribution in [0.15, 0.2) is 0 Å². The number of hydrogen-bond acceptors (Lipinski definition) is 12. The van der Waals surface area contributed by atoms with Crippen LogP contribution in [0, 0.1) is 11.8 Å². The van der Waals surface area contributed by atoms with Gasteiger partial charge in [-0.15, -0.1) is 0 Å². The molecule has 1 aliphatic rings. The van der Waals surface area contributed by atoms with Gasteiger partial charge in [-0.05, 0) is 46.7 Å². The lowest BCUT2D eigenvalue weighted by atomic mass is 9.77. The summed E-state index contributed by atoms with van der Waals surface area (Å²) < 4.78 is 29.4. The van der Waals surface area contributed by atoms with Crippen molar-refractivity contribution >= 4 is 43.8 Å². The largest absolute Gasteiger partial charge is 0.494 e. The maximum atomic E-state index is 11.8. The van der Waals surface area contributed by atoms with Crippen molar-refractivity contribution in [1.82, 2.24) is 0 Å². The van der Waals surface area contributed by atoms with Crippen LogP contribution >= 0.6 is 0 Å². The predicted molar refractivity (Wildman–Crippen MR) is 152 cm³/mol. The van der Waals surface area contributed by atoms with E-state index in [1.165, 1.54) is 28.1 Å². The topological polar surface area (TPSA) is 158 Å². The van der Waals surface area contributed by atoms with E-state index in [0.29, 0.717) is 13.2 Å². The average Bonchev–Trinajstić information content (AvgIpc) is 2.91. The SMILES string of the molecule is COCCOC(=O)C1CCCCC1C(C)=O.COCCOC(=O)CCC(C)=O.CO[Si](C)(C)OC(=O)CCC(C)=O. The maximum Gasteiger partial charge on any atom is 0.394 e. The van der Waals surface area contributed by atoms with Gasteiger partial charge in [0.15, 0.2) is 0 Å². The Bertz CT molecular complexity index is 812. The van der Waals surface area contributed by atoms with Gasteiger partial charge in [0.1, 0.15) is 30.6 Å². The highest BCUT2D eigenvalue weighted by atomic mass is 28.4. The minimum Gasteiger partial charge on any atom is -0.494 e. The molecule has 0 aromatic carbocycles. The van der Waals surface area contributed by atoms with Gasteiger partial charge in [-0.25, -0.2) is 0 Å². The molecular weight excluding hydrogens is 556 g/mol. The Hall–Kier alpha value is -2.48. The van der Waals surface area contributed by atoms with Crippen molar-refractivity contribution in [2.75, 3.05) is 47.8 Å². The predicted octanol–water partition coefficient (Wildman–Crippen LogP) is 3.36. The second-order valence-electron chi connectivity index (χ2n) is 9.96. The van der Waals surface area contributed by atoms with Crippen molar-refractivity contribution in [1.29, 1.82) is 0 Å². The van der Waals surface area contributed by atoms with E-state index in [2.05, 4.69) is 4.74 Å². The number of methoxy groups -OCH3 is 2. The van der Waals surface area contributed by atoms with Gasteiger partial charge in [-0.2, -0.15) is 0 Å². The lowest BCUT2D eigenvalue weighted by Crippen LogP contribution is -2.35. The zero-order valence-electron chi connectivity index (χ0n) is 26.0. The standard InChI is InChI=1S/C12H20O4.C8H16O4Si.C8H14O4/c1-9(13)10-5-3-4-6-11(10)12(14)16-8-7-15-2;1-7(9)5-6-8(10)12-13(3,4)11-2;1-7(9)3-4-8(10)12-6-5-11-2/h10-11H,3-8H2,1-2H3;5-6H2,1-4H3;3-6H2,1-2H3. The van der Waals surface area contributed by atoms with Gasteiger partial charge in [0.2, 0.25) is 0 Å². The summed E-state index contributed by atoms with van der Waals surface area (Å²) in [5.74, 6) is -1.21. The molecule has 0 aromatic rings. The molecule has 41 heavy (non-hydrogen) atoms. The molecule has 1 rings (SSSR count). The molecule has 0 amide bonds. The highest BCUT2D eigenvalue weighted by Gasteiger charge is 2.34. The third-order valence-corrected chi connectivity index (χ3v) is 7.59. The van der Waals surface area contributed by atoms with Crippen molar-refractivity contribution in [2.24, 2.45) is 11.8 Å². The molecule has 238 valence electrons. The normalized spacial score (nSPS) is 16.1. The maximum absolute atomic E-state index is 11.8. The number of esters is 2. The molecule has 2 unspecified atom stereocenters. The van der Waals surface area contributed by atoms with Gasteiger partial charge >= 0.3 is 20.5 Å². The van der Waals surface area contributed by atoms with Crippen molar-refractivity contribution in [3.8, 4) is 0 Å². The van der Waals surface area contributed by atoms with Gasteiger partial charge in [0.25, 0.3) is 5.97 Å². The van der Waals surface area contributed by atoms with Gasteiger partial charge in [0.05, 0.1) is 32.0 Å².